The quantitative estimate of drug-likeness (QED) is 0.891. The number of alkyl carbamates (subject to hydrolysis) is 1. The van der Waals surface area contributed by atoms with E-state index in [1.807, 2.05) is 0 Å². The van der Waals surface area contributed by atoms with Crippen molar-refractivity contribution in [1.29, 1.82) is 0 Å². The number of halogens is 1. The highest BCUT2D eigenvalue weighted by Gasteiger charge is 2.16. The molecule has 19 heavy (non-hydrogen) atoms. The lowest BCUT2D eigenvalue weighted by Crippen LogP contribution is -2.37. The smallest absolute Gasteiger partial charge is 0.408 e. The Morgan fingerprint density at radius 3 is 2.68 bits per heavy atom. The summed E-state index contributed by atoms with van der Waals surface area (Å²) < 4.78 is 5.81. The van der Waals surface area contributed by atoms with Crippen molar-refractivity contribution in [2.45, 2.75) is 26.4 Å². The van der Waals surface area contributed by atoms with E-state index in [0.717, 1.165) is 4.47 Å². The van der Waals surface area contributed by atoms with Crippen LogP contribution < -0.4 is 10.6 Å². The molecule has 0 saturated carbocycles. The van der Waals surface area contributed by atoms with Gasteiger partial charge in [0.25, 0.3) is 0 Å². The highest BCUT2D eigenvalue weighted by molar-refractivity contribution is 9.10. The average Bonchev–Trinajstić information content (AvgIpc) is 2.24. The molecule has 7 heteroatoms. The highest BCUT2D eigenvalue weighted by Crippen LogP contribution is 2.12. The van der Waals surface area contributed by atoms with Crippen molar-refractivity contribution < 1.29 is 14.3 Å². The standard InChI is InChI=1S/C12H16BrN3O3/c1-12(2,3)19-11(18)15-7-10(17)16-9-6-8(13)4-5-14-9/h4-6H,7H2,1-3H3,(H,15,18)(H,14,16,17). The number of rotatable bonds is 3. The third-order valence-corrected chi connectivity index (χ3v) is 2.27. The highest BCUT2D eigenvalue weighted by atomic mass is 79.9. The van der Waals surface area contributed by atoms with Gasteiger partial charge in [-0.15, -0.1) is 0 Å². The molecule has 0 unspecified atom stereocenters. The van der Waals surface area contributed by atoms with Gasteiger partial charge >= 0.3 is 6.09 Å². The van der Waals surface area contributed by atoms with Gasteiger partial charge < -0.3 is 15.4 Å². The van der Waals surface area contributed by atoms with E-state index in [0.29, 0.717) is 5.82 Å². The van der Waals surface area contributed by atoms with Crippen LogP contribution in [-0.4, -0.2) is 29.1 Å². The lowest BCUT2D eigenvalue weighted by molar-refractivity contribution is -0.115. The molecule has 0 aromatic carbocycles. The number of nitrogens with one attached hydrogen (secondary N) is 2. The molecule has 0 aliphatic heterocycles. The third kappa shape index (κ3) is 6.76. The van der Waals surface area contributed by atoms with Crippen molar-refractivity contribution in [2.75, 3.05) is 11.9 Å². The first-order valence-electron chi connectivity index (χ1n) is 5.64. The molecule has 2 amide bonds. The number of pyridine rings is 1. The van der Waals surface area contributed by atoms with Crippen molar-refractivity contribution in [3.05, 3.63) is 22.8 Å². The molecular formula is C12H16BrN3O3. The van der Waals surface area contributed by atoms with E-state index < -0.39 is 11.7 Å². The molecule has 2 N–H and O–H groups in total. The van der Waals surface area contributed by atoms with Gasteiger partial charge in [-0.05, 0) is 32.9 Å². The summed E-state index contributed by atoms with van der Waals surface area (Å²) in [6, 6.07) is 3.40. The minimum Gasteiger partial charge on any atom is -0.444 e. The Labute approximate surface area is 120 Å². The van der Waals surface area contributed by atoms with Crippen LogP contribution in [-0.2, 0) is 9.53 Å². The van der Waals surface area contributed by atoms with Gasteiger partial charge in [-0.25, -0.2) is 9.78 Å². The predicted octanol–water partition coefficient (Wildman–Crippen LogP) is 2.31. The van der Waals surface area contributed by atoms with Gasteiger partial charge in [-0.2, -0.15) is 0 Å². The van der Waals surface area contributed by atoms with Crippen molar-refractivity contribution in [3.63, 3.8) is 0 Å². The van der Waals surface area contributed by atoms with Gasteiger partial charge in [0.05, 0.1) is 0 Å². The van der Waals surface area contributed by atoms with E-state index in [4.69, 9.17) is 4.74 Å². The molecular weight excluding hydrogens is 314 g/mol. The number of nitrogens with zero attached hydrogens (tertiary/aromatic N) is 1. The molecule has 0 saturated heterocycles. The van der Waals surface area contributed by atoms with E-state index in [1.54, 1.807) is 39.1 Å². The third-order valence-electron chi connectivity index (χ3n) is 1.78. The van der Waals surface area contributed by atoms with E-state index in [-0.39, 0.29) is 12.5 Å². The van der Waals surface area contributed by atoms with Gasteiger partial charge in [0.15, 0.2) is 0 Å². The molecule has 104 valence electrons. The average molecular weight is 330 g/mol. The minimum absolute atomic E-state index is 0.177. The van der Waals surface area contributed by atoms with E-state index >= 15 is 0 Å². The molecule has 1 aromatic rings. The molecule has 0 aliphatic rings. The zero-order valence-corrected chi connectivity index (χ0v) is 12.6. The number of amides is 2. The largest absolute Gasteiger partial charge is 0.444 e. The molecule has 1 heterocycles. The zero-order valence-electron chi connectivity index (χ0n) is 11.0. The van der Waals surface area contributed by atoms with Crippen LogP contribution in [0.4, 0.5) is 10.6 Å². The Bertz CT molecular complexity index is 472. The van der Waals surface area contributed by atoms with Crippen LogP contribution in [0.2, 0.25) is 0 Å². The summed E-state index contributed by atoms with van der Waals surface area (Å²) >= 11 is 3.27. The Balaban J connectivity index is 2.38. The van der Waals surface area contributed by atoms with Crippen molar-refractivity contribution in [2.24, 2.45) is 0 Å². The van der Waals surface area contributed by atoms with Gasteiger partial charge in [-0.1, -0.05) is 15.9 Å². The summed E-state index contributed by atoms with van der Waals surface area (Å²) in [5.41, 5.74) is -0.591. The van der Waals surface area contributed by atoms with Crippen LogP contribution in [0, 0.1) is 0 Å². The normalized spacial score (nSPS) is 10.7. The number of hydrogen-bond donors (Lipinski definition) is 2. The topological polar surface area (TPSA) is 80.3 Å². The summed E-state index contributed by atoms with van der Waals surface area (Å²) in [5.74, 6) is 0.0295. The van der Waals surface area contributed by atoms with Crippen LogP contribution in [0.25, 0.3) is 0 Å². The van der Waals surface area contributed by atoms with Crippen LogP contribution in [0.5, 0.6) is 0 Å². The predicted molar refractivity (Wildman–Crippen MR) is 74.8 cm³/mol. The van der Waals surface area contributed by atoms with Crippen LogP contribution in [0.15, 0.2) is 22.8 Å². The maximum absolute atomic E-state index is 11.6. The Hall–Kier alpha value is -1.63. The molecule has 0 spiro atoms. The fourth-order valence-corrected chi connectivity index (χ4v) is 1.46. The molecule has 0 bridgehead atoms. The first kappa shape index (κ1) is 15.4. The summed E-state index contributed by atoms with van der Waals surface area (Å²) in [4.78, 5) is 26.9. The molecule has 0 fully saturated rings. The summed E-state index contributed by atoms with van der Waals surface area (Å²) in [5, 5.41) is 4.91. The van der Waals surface area contributed by atoms with Crippen LogP contribution in [0.1, 0.15) is 20.8 Å². The SMILES string of the molecule is CC(C)(C)OC(=O)NCC(=O)Nc1cc(Br)ccn1. The number of carbonyl (C=O) groups is 2. The lowest BCUT2D eigenvalue weighted by atomic mass is 10.2. The number of ether oxygens (including phenoxy) is 1. The van der Waals surface area contributed by atoms with Crippen molar-refractivity contribution in [3.8, 4) is 0 Å². The fourth-order valence-electron chi connectivity index (χ4n) is 1.13. The number of hydrogen-bond acceptors (Lipinski definition) is 4. The molecule has 0 atom stereocenters. The maximum Gasteiger partial charge on any atom is 0.408 e. The summed E-state index contributed by atoms with van der Waals surface area (Å²) in [6.45, 7) is 5.07. The van der Waals surface area contributed by atoms with Crippen molar-refractivity contribution in [1.82, 2.24) is 10.3 Å². The summed E-state index contributed by atoms with van der Waals surface area (Å²) in [6.07, 6.45) is 0.922. The van der Waals surface area contributed by atoms with Crippen LogP contribution in [0.3, 0.4) is 0 Å². The van der Waals surface area contributed by atoms with E-state index in [1.165, 1.54) is 0 Å². The Morgan fingerprint density at radius 1 is 1.42 bits per heavy atom. The minimum atomic E-state index is -0.634. The monoisotopic (exact) mass is 329 g/mol. The Morgan fingerprint density at radius 2 is 2.11 bits per heavy atom. The van der Waals surface area contributed by atoms with Gasteiger partial charge in [-0.3, -0.25) is 4.79 Å². The molecule has 1 rings (SSSR count). The molecule has 0 aliphatic carbocycles. The zero-order chi connectivity index (χ0) is 14.5. The number of anilines is 1. The van der Waals surface area contributed by atoms with E-state index in [9.17, 15) is 9.59 Å². The molecule has 0 radical (unpaired) electrons. The fraction of sp³-hybridized carbons (Fsp3) is 0.417. The maximum atomic E-state index is 11.6. The Kier molecular flexibility index (Phi) is 5.29. The first-order valence-corrected chi connectivity index (χ1v) is 6.44. The van der Waals surface area contributed by atoms with Crippen molar-refractivity contribution >= 4 is 33.7 Å². The molecule has 6 nitrogen and oxygen atoms in total. The summed E-state index contributed by atoms with van der Waals surface area (Å²) in [7, 11) is 0. The van der Waals surface area contributed by atoms with Gasteiger partial charge in [0, 0.05) is 10.7 Å². The number of aromatic nitrogens is 1. The molecule has 1 aromatic heterocycles. The second kappa shape index (κ2) is 6.51. The second-order valence-corrected chi connectivity index (χ2v) is 5.68. The second-order valence-electron chi connectivity index (χ2n) is 4.76. The van der Waals surface area contributed by atoms with Gasteiger partial charge in [0.1, 0.15) is 18.0 Å². The lowest BCUT2D eigenvalue weighted by Gasteiger charge is -2.19. The van der Waals surface area contributed by atoms with Gasteiger partial charge in [0.2, 0.25) is 5.91 Å². The van der Waals surface area contributed by atoms with Crippen LogP contribution >= 0.6 is 15.9 Å². The number of carbonyl (C=O) groups excluding carboxylic acids is 2. The van der Waals surface area contributed by atoms with E-state index in [2.05, 4.69) is 31.5 Å². The first-order chi connectivity index (χ1) is 8.76.